The van der Waals surface area contributed by atoms with Crippen LogP contribution in [-0.2, 0) is 18.3 Å². The fourth-order valence-electron chi connectivity index (χ4n) is 3.25. The number of rotatable bonds is 3. The molecule has 0 radical (unpaired) electrons. The van der Waals surface area contributed by atoms with Crippen molar-refractivity contribution in [2.24, 2.45) is 12.0 Å². The van der Waals surface area contributed by atoms with E-state index in [9.17, 15) is 0 Å². The Morgan fingerprint density at radius 2 is 2.21 bits per heavy atom. The van der Waals surface area contributed by atoms with Gasteiger partial charge in [0.05, 0.1) is 31.6 Å². The summed E-state index contributed by atoms with van der Waals surface area (Å²) in [7, 11) is 3.72. The summed E-state index contributed by atoms with van der Waals surface area (Å²) in [5, 5.41) is 7.66. The first-order valence-electron chi connectivity index (χ1n) is 8.81. The van der Waals surface area contributed by atoms with Gasteiger partial charge in [-0.1, -0.05) is 0 Å². The lowest BCUT2D eigenvalue weighted by molar-refractivity contribution is -0.00805. The van der Waals surface area contributed by atoms with Crippen LogP contribution in [-0.4, -0.2) is 56.8 Å². The SMILES string of the molecule is CN=C(NCc1cn2cc(Br)ccc2n1)N1CCOC(c2cnn(C)c2)C1.I. The smallest absolute Gasteiger partial charge is 0.194 e. The molecule has 0 amide bonds. The third-order valence-corrected chi connectivity index (χ3v) is 5.04. The molecule has 10 heteroatoms. The van der Waals surface area contributed by atoms with Crippen molar-refractivity contribution in [3.8, 4) is 0 Å². The third kappa shape index (κ3) is 4.66. The maximum Gasteiger partial charge on any atom is 0.194 e. The summed E-state index contributed by atoms with van der Waals surface area (Å²) in [6.45, 7) is 2.81. The molecular formula is C18H23BrIN7O. The fourth-order valence-corrected chi connectivity index (χ4v) is 3.61. The molecule has 1 fully saturated rings. The number of morpholine rings is 1. The predicted molar refractivity (Wildman–Crippen MR) is 122 cm³/mol. The maximum atomic E-state index is 5.92. The number of fused-ring (bicyclic) bond motifs is 1. The summed E-state index contributed by atoms with van der Waals surface area (Å²) >= 11 is 3.49. The lowest BCUT2D eigenvalue weighted by Crippen LogP contribution is -2.47. The third-order valence-electron chi connectivity index (χ3n) is 4.57. The van der Waals surface area contributed by atoms with Crippen LogP contribution < -0.4 is 5.32 Å². The van der Waals surface area contributed by atoms with E-state index >= 15 is 0 Å². The van der Waals surface area contributed by atoms with E-state index in [4.69, 9.17) is 4.74 Å². The topological polar surface area (TPSA) is 72.0 Å². The number of hydrogen-bond donors (Lipinski definition) is 1. The zero-order valence-electron chi connectivity index (χ0n) is 15.7. The summed E-state index contributed by atoms with van der Waals surface area (Å²) in [6, 6.07) is 3.98. The van der Waals surface area contributed by atoms with E-state index in [1.54, 1.807) is 11.7 Å². The number of aliphatic imine (C=N–C) groups is 1. The van der Waals surface area contributed by atoms with Gasteiger partial charge < -0.3 is 19.4 Å². The molecule has 8 nitrogen and oxygen atoms in total. The van der Waals surface area contributed by atoms with Crippen LogP contribution in [0, 0.1) is 0 Å². The molecule has 1 saturated heterocycles. The average molecular weight is 560 g/mol. The van der Waals surface area contributed by atoms with E-state index in [2.05, 4.69) is 41.2 Å². The van der Waals surface area contributed by atoms with Crippen molar-refractivity contribution in [3.63, 3.8) is 0 Å². The van der Waals surface area contributed by atoms with Gasteiger partial charge in [-0.15, -0.1) is 24.0 Å². The van der Waals surface area contributed by atoms with Crippen molar-refractivity contribution < 1.29 is 4.74 Å². The lowest BCUT2D eigenvalue weighted by Gasteiger charge is -2.34. The highest BCUT2D eigenvalue weighted by Gasteiger charge is 2.25. The molecule has 150 valence electrons. The van der Waals surface area contributed by atoms with Crippen LogP contribution in [0.25, 0.3) is 5.65 Å². The summed E-state index contributed by atoms with van der Waals surface area (Å²) in [5.41, 5.74) is 2.97. The van der Waals surface area contributed by atoms with Gasteiger partial charge in [-0.2, -0.15) is 5.10 Å². The first-order valence-corrected chi connectivity index (χ1v) is 9.60. The Hall–Kier alpha value is -1.66. The Kier molecular flexibility index (Phi) is 6.94. The Bertz CT molecular complexity index is 970. The summed E-state index contributed by atoms with van der Waals surface area (Å²) < 4.78 is 10.8. The van der Waals surface area contributed by atoms with Crippen LogP contribution in [0.3, 0.4) is 0 Å². The van der Waals surface area contributed by atoms with Gasteiger partial charge in [-0.3, -0.25) is 9.67 Å². The number of aromatic nitrogens is 4. The zero-order valence-corrected chi connectivity index (χ0v) is 19.7. The molecule has 1 aliphatic heterocycles. The average Bonchev–Trinajstić information content (AvgIpc) is 3.28. The van der Waals surface area contributed by atoms with E-state index in [0.29, 0.717) is 13.2 Å². The van der Waals surface area contributed by atoms with Crippen molar-refractivity contribution in [3.05, 3.63) is 52.7 Å². The van der Waals surface area contributed by atoms with E-state index in [1.165, 1.54) is 0 Å². The van der Waals surface area contributed by atoms with Crippen molar-refractivity contribution in [1.29, 1.82) is 0 Å². The Morgan fingerprint density at radius 1 is 1.36 bits per heavy atom. The first kappa shape index (κ1) is 21.1. The van der Waals surface area contributed by atoms with Gasteiger partial charge in [0, 0.05) is 49.3 Å². The molecule has 3 aromatic rings. The van der Waals surface area contributed by atoms with Crippen molar-refractivity contribution in [2.75, 3.05) is 26.7 Å². The standard InChI is InChI=1S/C18H22BrN7O.HI/c1-20-18(21-8-15-11-26-10-14(19)3-4-17(26)23-15)25-5-6-27-16(12-25)13-7-22-24(2)9-13;/h3-4,7,9-11,16H,5-6,8,12H2,1-2H3,(H,20,21);1H. The Balaban J connectivity index is 0.00000225. The van der Waals surface area contributed by atoms with E-state index < -0.39 is 0 Å². The minimum atomic E-state index is -0.00135. The number of aryl methyl sites for hydroxylation is 1. The van der Waals surface area contributed by atoms with E-state index in [-0.39, 0.29) is 30.1 Å². The molecule has 28 heavy (non-hydrogen) atoms. The Labute approximate surface area is 189 Å². The molecule has 0 bridgehead atoms. The molecule has 1 unspecified atom stereocenters. The van der Waals surface area contributed by atoms with Crippen LogP contribution in [0.5, 0.6) is 0 Å². The molecule has 0 aromatic carbocycles. The number of nitrogens with zero attached hydrogens (tertiary/aromatic N) is 6. The second-order valence-electron chi connectivity index (χ2n) is 6.50. The molecule has 0 aliphatic carbocycles. The van der Waals surface area contributed by atoms with Crippen molar-refractivity contribution in [2.45, 2.75) is 12.6 Å². The van der Waals surface area contributed by atoms with E-state index in [1.807, 2.05) is 48.4 Å². The minimum Gasteiger partial charge on any atom is -0.370 e. The highest BCUT2D eigenvalue weighted by Crippen LogP contribution is 2.21. The number of ether oxygens (including phenoxy) is 1. The van der Waals surface area contributed by atoms with Gasteiger partial charge in [-0.25, -0.2) is 4.98 Å². The highest BCUT2D eigenvalue weighted by atomic mass is 127. The molecule has 4 heterocycles. The monoisotopic (exact) mass is 559 g/mol. The van der Waals surface area contributed by atoms with Crippen LogP contribution in [0.2, 0.25) is 0 Å². The van der Waals surface area contributed by atoms with Crippen LogP contribution in [0.1, 0.15) is 17.4 Å². The van der Waals surface area contributed by atoms with Crippen LogP contribution in [0.15, 0.2) is 46.4 Å². The van der Waals surface area contributed by atoms with Gasteiger partial charge in [0.1, 0.15) is 11.8 Å². The normalized spacial score (nSPS) is 17.6. The molecule has 0 spiro atoms. The van der Waals surface area contributed by atoms with Gasteiger partial charge in [-0.05, 0) is 28.1 Å². The maximum absolute atomic E-state index is 5.92. The fraction of sp³-hybridized carbons (Fsp3) is 0.389. The summed E-state index contributed by atoms with van der Waals surface area (Å²) in [6.07, 6.45) is 7.89. The number of pyridine rings is 1. The van der Waals surface area contributed by atoms with E-state index in [0.717, 1.165) is 40.4 Å². The highest BCUT2D eigenvalue weighted by molar-refractivity contribution is 14.0. The number of imidazole rings is 1. The second kappa shape index (κ2) is 9.23. The number of hydrogen-bond acceptors (Lipinski definition) is 4. The Morgan fingerprint density at radius 3 is 2.96 bits per heavy atom. The largest absolute Gasteiger partial charge is 0.370 e. The predicted octanol–water partition coefficient (Wildman–Crippen LogP) is 2.60. The second-order valence-corrected chi connectivity index (χ2v) is 7.41. The molecule has 1 aliphatic rings. The number of halogens is 2. The zero-order chi connectivity index (χ0) is 18.8. The van der Waals surface area contributed by atoms with Crippen molar-refractivity contribution >= 4 is 51.5 Å². The minimum absolute atomic E-state index is 0. The number of guanidine groups is 1. The molecule has 1 atom stereocenters. The molecular weight excluding hydrogens is 537 g/mol. The lowest BCUT2D eigenvalue weighted by atomic mass is 10.1. The summed E-state index contributed by atoms with van der Waals surface area (Å²) in [4.78, 5) is 11.3. The molecule has 3 aromatic heterocycles. The molecule has 4 rings (SSSR count). The van der Waals surface area contributed by atoms with Crippen molar-refractivity contribution in [1.82, 2.24) is 29.4 Å². The number of nitrogens with one attached hydrogen (secondary N) is 1. The van der Waals surface area contributed by atoms with Crippen LogP contribution in [0.4, 0.5) is 0 Å². The van der Waals surface area contributed by atoms with Gasteiger partial charge in [0.25, 0.3) is 0 Å². The summed E-state index contributed by atoms with van der Waals surface area (Å²) in [5.74, 6) is 0.852. The van der Waals surface area contributed by atoms with Gasteiger partial charge >= 0.3 is 0 Å². The first-order chi connectivity index (χ1) is 13.1. The molecule has 1 N–H and O–H groups in total. The van der Waals surface area contributed by atoms with Gasteiger partial charge in [0.15, 0.2) is 5.96 Å². The molecule has 0 saturated carbocycles. The van der Waals surface area contributed by atoms with Gasteiger partial charge in [0.2, 0.25) is 0 Å². The quantitative estimate of drug-likeness (QED) is 0.303. The van der Waals surface area contributed by atoms with Crippen LogP contribution >= 0.6 is 39.9 Å².